The van der Waals surface area contributed by atoms with Crippen LogP contribution in [0.25, 0.3) is 0 Å². The fraction of sp³-hybridized carbons (Fsp3) is 0.350. The Morgan fingerprint density at radius 1 is 1.04 bits per heavy atom. The molecule has 2 aromatic carbocycles. The van der Waals surface area contributed by atoms with E-state index in [0.717, 1.165) is 18.4 Å². The quantitative estimate of drug-likeness (QED) is 0.791. The molecule has 1 atom stereocenters. The summed E-state index contributed by atoms with van der Waals surface area (Å²) in [7, 11) is 0. The number of aliphatic hydroxyl groups is 1. The maximum Gasteiger partial charge on any atom is 0.251 e. The molecular formula is C20H23NO3. The number of phenolic OH excluding ortho intramolecular Hbond substituents is 1. The fourth-order valence-corrected chi connectivity index (χ4v) is 3.22. The highest BCUT2D eigenvalue weighted by molar-refractivity contribution is 5.94. The lowest BCUT2D eigenvalue weighted by molar-refractivity contribution is 0.0916. The number of hydrogen-bond donors (Lipinski definition) is 3. The molecule has 1 amide bonds. The van der Waals surface area contributed by atoms with E-state index in [0.29, 0.717) is 12.0 Å². The average Bonchev–Trinajstić information content (AvgIpc) is 2.62. The zero-order chi connectivity index (χ0) is 16.9. The number of phenols is 1. The van der Waals surface area contributed by atoms with E-state index in [9.17, 15) is 15.0 Å². The van der Waals surface area contributed by atoms with Crippen molar-refractivity contribution in [2.45, 2.75) is 38.1 Å². The van der Waals surface area contributed by atoms with Crippen molar-refractivity contribution in [3.63, 3.8) is 0 Å². The van der Waals surface area contributed by atoms with Gasteiger partial charge in [-0.25, -0.2) is 0 Å². The van der Waals surface area contributed by atoms with Crippen LogP contribution in [-0.2, 0) is 19.3 Å². The molecule has 0 aromatic heterocycles. The third kappa shape index (κ3) is 3.95. The lowest BCUT2D eigenvalue weighted by Crippen LogP contribution is -2.39. The van der Waals surface area contributed by atoms with E-state index in [4.69, 9.17) is 0 Å². The largest absolute Gasteiger partial charge is 0.508 e. The lowest BCUT2D eigenvalue weighted by atomic mass is 9.90. The van der Waals surface area contributed by atoms with Gasteiger partial charge >= 0.3 is 0 Å². The highest BCUT2D eigenvalue weighted by Gasteiger charge is 2.16. The van der Waals surface area contributed by atoms with E-state index in [1.807, 2.05) is 12.1 Å². The Kier molecular flexibility index (Phi) is 5.16. The van der Waals surface area contributed by atoms with Gasteiger partial charge in [0, 0.05) is 5.56 Å². The summed E-state index contributed by atoms with van der Waals surface area (Å²) in [5, 5.41) is 21.8. The van der Waals surface area contributed by atoms with Crippen LogP contribution in [0.1, 0.15) is 39.9 Å². The van der Waals surface area contributed by atoms with Crippen molar-refractivity contribution in [3.8, 4) is 5.75 Å². The molecule has 0 unspecified atom stereocenters. The molecule has 0 radical (unpaired) electrons. The molecule has 3 N–H and O–H groups in total. The number of fused-ring (bicyclic) bond motifs is 1. The highest BCUT2D eigenvalue weighted by atomic mass is 16.3. The second-order valence-electron chi connectivity index (χ2n) is 6.41. The first-order valence-corrected chi connectivity index (χ1v) is 8.47. The molecule has 1 aliphatic carbocycles. The van der Waals surface area contributed by atoms with Gasteiger partial charge in [0.1, 0.15) is 5.75 Å². The summed E-state index contributed by atoms with van der Waals surface area (Å²) in [5.41, 5.74) is 4.23. The van der Waals surface area contributed by atoms with Crippen LogP contribution in [0.5, 0.6) is 5.75 Å². The molecule has 4 heteroatoms. The van der Waals surface area contributed by atoms with Gasteiger partial charge in [-0.3, -0.25) is 4.79 Å². The van der Waals surface area contributed by atoms with Gasteiger partial charge in [0.25, 0.3) is 5.91 Å². The Balaban J connectivity index is 1.66. The summed E-state index contributed by atoms with van der Waals surface area (Å²) in [6.07, 6.45) is 5.05. The molecule has 0 fully saturated rings. The number of hydrogen-bond acceptors (Lipinski definition) is 3. The first kappa shape index (κ1) is 16.5. The van der Waals surface area contributed by atoms with Crippen LogP contribution in [0.2, 0.25) is 0 Å². The highest BCUT2D eigenvalue weighted by Crippen LogP contribution is 2.22. The second-order valence-corrected chi connectivity index (χ2v) is 6.41. The molecule has 0 spiro atoms. The van der Waals surface area contributed by atoms with E-state index in [1.165, 1.54) is 24.0 Å². The summed E-state index contributed by atoms with van der Waals surface area (Å²) in [4.78, 5) is 12.5. The number of carbonyl (C=O) groups is 1. The number of rotatable bonds is 5. The van der Waals surface area contributed by atoms with Gasteiger partial charge in [0.2, 0.25) is 0 Å². The number of nitrogens with one attached hydrogen (secondary N) is 1. The van der Waals surface area contributed by atoms with Gasteiger partial charge < -0.3 is 15.5 Å². The molecule has 0 saturated heterocycles. The van der Waals surface area contributed by atoms with Crippen molar-refractivity contribution < 1.29 is 15.0 Å². The van der Waals surface area contributed by atoms with E-state index < -0.39 is 0 Å². The predicted octanol–water partition coefficient (Wildman–Crippen LogP) is 2.60. The molecule has 1 aliphatic rings. The summed E-state index contributed by atoms with van der Waals surface area (Å²) in [5.74, 6) is 0.0543. The lowest BCUT2D eigenvalue weighted by Gasteiger charge is -2.19. The average molecular weight is 325 g/mol. The van der Waals surface area contributed by atoms with Gasteiger partial charge in [0.15, 0.2) is 0 Å². The second kappa shape index (κ2) is 7.49. The SMILES string of the molecule is O=C(N[C@H](CO)Cc1ccc(O)cc1)c1ccc2c(c1)CCCC2. The molecule has 126 valence electrons. The summed E-state index contributed by atoms with van der Waals surface area (Å²) >= 11 is 0. The van der Waals surface area contributed by atoms with E-state index >= 15 is 0 Å². The van der Waals surface area contributed by atoms with Gasteiger partial charge in [-0.15, -0.1) is 0 Å². The first-order valence-electron chi connectivity index (χ1n) is 8.47. The summed E-state index contributed by atoms with van der Waals surface area (Å²) in [6.45, 7) is -0.127. The van der Waals surface area contributed by atoms with Crippen molar-refractivity contribution in [1.29, 1.82) is 0 Å². The number of carbonyl (C=O) groups excluding carboxylic acids is 1. The normalized spacial score (nSPS) is 14.7. The van der Waals surface area contributed by atoms with Crippen molar-refractivity contribution in [2.75, 3.05) is 6.61 Å². The van der Waals surface area contributed by atoms with Crippen LogP contribution >= 0.6 is 0 Å². The van der Waals surface area contributed by atoms with E-state index in [-0.39, 0.29) is 24.3 Å². The van der Waals surface area contributed by atoms with Crippen molar-refractivity contribution in [2.24, 2.45) is 0 Å². The van der Waals surface area contributed by atoms with Crippen molar-refractivity contribution in [3.05, 3.63) is 64.7 Å². The number of benzene rings is 2. The summed E-state index contributed by atoms with van der Waals surface area (Å²) < 4.78 is 0. The Morgan fingerprint density at radius 3 is 2.46 bits per heavy atom. The Labute approximate surface area is 142 Å². The van der Waals surface area contributed by atoms with Crippen LogP contribution in [0, 0.1) is 0 Å². The maximum absolute atomic E-state index is 12.5. The van der Waals surface area contributed by atoms with Crippen LogP contribution < -0.4 is 5.32 Å². The smallest absolute Gasteiger partial charge is 0.251 e. The Bertz CT molecular complexity index is 709. The molecule has 0 saturated carbocycles. The van der Waals surface area contributed by atoms with Crippen LogP contribution in [0.4, 0.5) is 0 Å². The maximum atomic E-state index is 12.5. The van der Waals surface area contributed by atoms with Crippen molar-refractivity contribution in [1.82, 2.24) is 5.32 Å². The fourth-order valence-electron chi connectivity index (χ4n) is 3.22. The standard InChI is InChI=1S/C20H23NO3/c22-13-18(11-14-5-9-19(23)10-6-14)21-20(24)17-8-7-15-3-1-2-4-16(15)12-17/h5-10,12,18,22-23H,1-4,11,13H2,(H,21,24)/t18-/m0/s1. The first-order chi connectivity index (χ1) is 11.7. The number of aryl methyl sites for hydroxylation is 2. The van der Waals surface area contributed by atoms with E-state index in [2.05, 4.69) is 11.4 Å². The molecule has 0 bridgehead atoms. The number of aromatic hydroxyl groups is 1. The zero-order valence-corrected chi connectivity index (χ0v) is 13.7. The molecule has 24 heavy (non-hydrogen) atoms. The molecule has 0 heterocycles. The molecule has 0 aliphatic heterocycles. The molecule has 2 aromatic rings. The topological polar surface area (TPSA) is 69.6 Å². The molecular weight excluding hydrogens is 302 g/mol. The van der Waals surface area contributed by atoms with Gasteiger partial charge in [0.05, 0.1) is 12.6 Å². The minimum atomic E-state index is -0.349. The van der Waals surface area contributed by atoms with Gasteiger partial charge in [-0.05, 0) is 73.1 Å². The summed E-state index contributed by atoms with van der Waals surface area (Å²) in [6, 6.07) is 12.4. The number of amides is 1. The Morgan fingerprint density at radius 2 is 1.75 bits per heavy atom. The minimum Gasteiger partial charge on any atom is -0.508 e. The van der Waals surface area contributed by atoms with Crippen LogP contribution in [0.3, 0.4) is 0 Å². The Hall–Kier alpha value is -2.33. The number of aliphatic hydroxyl groups excluding tert-OH is 1. The predicted molar refractivity (Wildman–Crippen MR) is 93.2 cm³/mol. The van der Waals surface area contributed by atoms with Crippen LogP contribution in [0.15, 0.2) is 42.5 Å². The third-order valence-corrected chi connectivity index (χ3v) is 4.58. The van der Waals surface area contributed by atoms with E-state index in [1.54, 1.807) is 24.3 Å². The van der Waals surface area contributed by atoms with Crippen LogP contribution in [-0.4, -0.2) is 28.8 Å². The van der Waals surface area contributed by atoms with Gasteiger partial charge in [-0.1, -0.05) is 18.2 Å². The monoisotopic (exact) mass is 325 g/mol. The molecule has 3 rings (SSSR count). The minimum absolute atomic E-state index is 0.127. The van der Waals surface area contributed by atoms with Gasteiger partial charge in [-0.2, -0.15) is 0 Å². The zero-order valence-electron chi connectivity index (χ0n) is 13.7. The molecule has 4 nitrogen and oxygen atoms in total. The van der Waals surface area contributed by atoms with Crippen molar-refractivity contribution >= 4 is 5.91 Å². The third-order valence-electron chi connectivity index (χ3n) is 4.58.